The lowest BCUT2D eigenvalue weighted by molar-refractivity contribution is 0.138. The maximum atomic E-state index is 3.47. The summed E-state index contributed by atoms with van der Waals surface area (Å²) in [6, 6.07) is 1.35. The maximum Gasteiger partial charge on any atom is 0.0220 e. The van der Waals surface area contributed by atoms with E-state index in [1.807, 2.05) is 0 Å². The van der Waals surface area contributed by atoms with Crippen LogP contribution in [0.25, 0.3) is 0 Å². The molecule has 0 fully saturated rings. The minimum Gasteiger partial charge on any atom is -0.315 e. The highest BCUT2D eigenvalue weighted by Crippen LogP contribution is 2.14. The molecule has 0 spiro atoms. The van der Waals surface area contributed by atoms with Crippen LogP contribution in [0.4, 0.5) is 0 Å². The second kappa shape index (κ2) is 8.12. The fourth-order valence-corrected chi connectivity index (χ4v) is 1.90. The van der Waals surface area contributed by atoms with Crippen LogP contribution in [-0.4, -0.2) is 37.1 Å². The molecule has 0 heterocycles. The van der Waals surface area contributed by atoms with Gasteiger partial charge in [0.05, 0.1) is 0 Å². The van der Waals surface area contributed by atoms with Crippen molar-refractivity contribution in [2.75, 3.05) is 20.1 Å². The standard InChI is InChI=1S/C13H30N2/c1-7-9-13(10-14-8-2)15(6)12(5)11(3)4/h11-14H,7-10H2,1-6H3. The minimum atomic E-state index is 0.667. The third-order valence-electron chi connectivity index (χ3n) is 3.44. The predicted molar refractivity (Wildman–Crippen MR) is 69.3 cm³/mol. The smallest absolute Gasteiger partial charge is 0.0220 e. The molecule has 2 unspecified atom stereocenters. The number of nitrogens with zero attached hydrogens (tertiary/aromatic N) is 1. The predicted octanol–water partition coefficient (Wildman–Crippen LogP) is 2.74. The summed E-state index contributed by atoms with van der Waals surface area (Å²) in [6.45, 7) is 13.6. The highest BCUT2D eigenvalue weighted by Gasteiger charge is 2.20. The molecule has 0 aliphatic carbocycles. The summed E-state index contributed by atoms with van der Waals surface area (Å²) in [6.07, 6.45) is 2.56. The van der Waals surface area contributed by atoms with Gasteiger partial charge in [-0.15, -0.1) is 0 Å². The van der Waals surface area contributed by atoms with Crippen molar-refractivity contribution in [3.8, 4) is 0 Å². The van der Waals surface area contributed by atoms with Crippen molar-refractivity contribution in [2.24, 2.45) is 5.92 Å². The lowest BCUT2D eigenvalue weighted by atomic mass is 10.0. The summed E-state index contributed by atoms with van der Waals surface area (Å²) in [5, 5.41) is 3.47. The van der Waals surface area contributed by atoms with E-state index in [2.05, 4.69) is 51.9 Å². The zero-order valence-corrected chi connectivity index (χ0v) is 11.5. The zero-order chi connectivity index (χ0) is 11.8. The number of hydrogen-bond acceptors (Lipinski definition) is 2. The van der Waals surface area contributed by atoms with Crippen molar-refractivity contribution in [3.05, 3.63) is 0 Å². The lowest BCUT2D eigenvalue weighted by Crippen LogP contribution is -2.46. The monoisotopic (exact) mass is 214 g/mol. The number of hydrogen-bond donors (Lipinski definition) is 1. The topological polar surface area (TPSA) is 15.3 Å². The highest BCUT2D eigenvalue weighted by molar-refractivity contribution is 4.77. The molecular weight excluding hydrogens is 184 g/mol. The molecule has 0 aromatic rings. The number of rotatable bonds is 8. The Labute approximate surface area is 96.4 Å². The van der Waals surface area contributed by atoms with E-state index < -0.39 is 0 Å². The first-order valence-corrected chi connectivity index (χ1v) is 6.47. The normalized spacial score (nSPS) is 16.0. The van der Waals surface area contributed by atoms with Gasteiger partial charge < -0.3 is 5.32 Å². The Hall–Kier alpha value is -0.0800. The van der Waals surface area contributed by atoms with E-state index in [9.17, 15) is 0 Å². The van der Waals surface area contributed by atoms with E-state index >= 15 is 0 Å². The maximum absolute atomic E-state index is 3.47. The summed E-state index contributed by atoms with van der Waals surface area (Å²) >= 11 is 0. The van der Waals surface area contributed by atoms with Gasteiger partial charge in [0.2, 0.25) is 0 Å². The Morgan fingerprint density at radius 2 is 1.73 bits per heavy atom. The van der Waals surface area contributed by atoms with Crippen LogP contribution >= 0.6 is 0 Å². The summed E-state index contributed by atoms with van der Waals surface area (Å²) in [4.78, 5) is 2.54. The molecule has 0 amide bonds. The molecule has 0 bridgehead atoms. The van der Waals surface area contributed by atoms with E-state index in [0.717, 1.165) is 19.0 Å². The Balaban J connectivity index is 4.19. The molecule has 0 aliphatic rings. The van der Waals surface area contributed by atoms with Crippen LogP contribution in [0.15, 0.2) is 0 Å². The van der Waals surface area contributed by atoms with Crippen molar-refractivity contribution in [1.82, 2.24) is 10.2 Å². The lowest BCUT2D eigenvalue weighted by Gasteiger charge is -2.35. The van der Waals surface area contributed by atoms with E-state index in [1.54, 1.807) is 0 Å². The van der Waals surface area contributed by atoms with Crippen LogP contribution in [0.5, 0.6) is 0 Å². The van der Waals surface area contributed by atoms with Crippen LogP contribution in [0.2, 0.25) is 0 Å². The SMILES string of the molecule is CCCC(CNCC)N(C)C(C)C(C)C. The molecular formula is C13H30N2. The number of nitrogens with one attached hydrogen (secondary N) is 1. The molecule has 0 aromatic heterocycles. The largest absolute Gasteiger partial charge is 0.315 e. The van der Waals surface area contributed by atoms with Crippen molar-refractivity contribution >= 4 is 0 Å². The van der Waals surface area contributed by atoms with Gasteiger partial charge >= 0.3 is 0 Å². The van der Waals surface area contributed by atoms with Crippen LogP contribution in [0, 0.1) is 5.92 Å². The third kappa shape index (κ3) is 5.53. The summed E-state index contributed by atoms with van der Waals surface area (Å²) in [5.74, 6) is 0.732. The Kier molecular flexibility index (Phi) is 8.07. The quantitative estimate of drug-likeness (QED) is 0.668. The molecule has 0 rings (SSSR count). The summed E-state index contributed by atoms with van der Waals surface area (Å²) in [5.41, 5.74) is 0. The second-order valence-electron chi connectivity index (χ2n) is 4.90. The van der Waals surface area contributed by atoms with Gasteiger partial charge in [-0.25, -0.2) is 0 Å². The van der Waals surface area contributed by atoms with Gasteiger partial charge in [0.15, 0.2) is 0 Å². The average molecular weight is 214 g/mol. The van der Waals surface area contributed by atoms with Crippen LogP contribution in [0.1, 0.15) is 47.5 Å². The van der Waals surface area contributed by atoms with E-state index in [0.29, 0.717) is 12.1 Å². The molecule has 92 valence electrons. The molecule has 2 nitrogen and oxygen atoms in total. The highest BCUT2D eigenvalue weighted by atomic mass is 15.2. The van der Waals surface area contributed by atoms with E-state index in [-0.39, 0.29) is 0 Å². The van der Waals surface area contributed by atoms with E-state index in [1.165, 1.54) is 12.8 Å². The summed E-state index contributed by atoms with van der Waals surface area (Å²) < 4.78 is 0. The second-order valence-corrected chi connectivity index (χ2v) is 4.90. The molecule has 2 heteroatoms. The first kappa shape index (κ1) is 14.9. The average Bonchev–Trinajstić information content (AvgIpc) is 2.22. The molecule has 15 heavy (non-hydrogen) atoms. The first-order valence-electron chi connectivity index (χ1n) is 6.47. The zero-order valence-electron chi connectivity index (χ0n) is 11.5. The Morgan fingerprint density at radius 1 is 1.13 bits per heavy atom. The van der Waals surface area contributed by atoms with Crippen molar-refractivity contribution in [1.29, 1.82) is 0 Å². The molecule has 0 saturated carbocycles. The van der Waals surface area contributed by atoms with Gasteiger partial charge in [0, 0.05) is 18.6 Å². The van der Waals surface area contributed by atoms with Gasteiger partial charge in [-0.2, -0.15) is 0 Å². The van der Waals surface area contributed by atoms with Gasteiger partial charge in [0.25, 0.3) is 0 Å². The third-order valence-corrected chi connectivity index (χ3v) is 3.44. The summed E-state index contributed by atoms with van der Waals surface area (Å²) in [7, 11) is 2.27. The van der Waals surface area contributed by atoms with Gasteiger partial charge in [-0.3, -0.25) is 4.90 Å². The molecule has 0 radical (unpaired) electrons. The molecule has 0 aromatic carbocycles. The number of likely N-dealkylation sites (N-methyl/N-ethyl adjacent to an activating group) is 2. The van der Waals surface area contributed by atoms with Crippen LogP contribution in [-0.2, 0) is 0 Å². The fraction of sp³-hybridized carbons (Fsp3) is 1.00. The van der Waals surface area contributed by atoms with Crippen molar-refractivity contribution < 1.29 is 0 Å². The first-order chi connectivity index (χ1) is 7.04. The fourth-order valence-electron chi connectivity index (χ4n) is 1.90. The molecule has 1 N–H and O–H groups in total. The Bertz CT molecular complexity index is 145. The van der Waals surface area contributed by atoms with Crippen molar-refractivity contribution in [3.63, 3.8) is 0 Å². The van der Waals surface area contributed by atoms with Gasteiger partial charge in [-0.1, -0.05) is 34.1 Å². The molecule has 0 aliphatic heterocycles. The van der Waals surface area contributed by atoms with E-state index in [4.69, 9.17) is 0 Å². The Morgan fingerprint density at radius 3 is 2.13 bits per heavy atom. The van der Waals surface area contributed by atoms with Crippen LogP contribution in [0.3, 0.4) is 0 Å². The molecule has 2 atom stereocenters. The molecule has 0 saturated heterocycles. The van der Waals surface area contributed by atoms with Gasteiger partial charge in [-0.05, 0) is 32.9 Å². The minimum absolute atomic E-state index is 0.667. The van der Waals surface area contributed by atoms with Gasteiger partial charge in [0.1, 0.15) is 0 Å². The van der Waals surface area contributed by atoms with Crippen LogP contribution < -0.4 is 5.32 Å². The van der Waals surface area contributed by atoms with Crippen molar-refractivity contribution in [2.45, 2.75) is 59.5 Å².